The number of carbonyl (C=O) groups excluding carboxylic acids is 1. The molecule has 0 aromatic carbocycles. The first-order valence-electron chi connectivity index (χ1n) is 3.08. The largest absolute Gasteiger partial charge is 0.396 e. The minimum absolute atomic E-state index is 0.0999. The lowest BCUT2D eigenvalue weighted by Crippen LogP contribution is -2.20. The van der Waals surface area contributed by atoms with Crippen LogP contribution in [0.4, 0.5) is 0 Å². The Labute approximate surface area is 54.9 Å². The minimum atomic E-state index is -0.288. The normalized spacial score (nSPS) is 13.1. The molecule has 0 aromatic rings. The molecule has 0 radical (unpaired) electrons. The van der Waals surface area contributed by atoms with Gasteiger partial charge in [-0.25, -0.2) is 0 Å². The molecule has 0 saturated heterocycles. The number of primary amides is 1. The summed E-state index contributed by atoms with van der Waals surface area (Å²) in [6.07, 6.45) is 1.34. The highest BCUT2D eigenvalue weighted by molar-refractivity contribution is 5.76. The van der Waals surface area contributed by atoms with Crippen LogP contribution in [0.1, 0.15) is 19.8 Å². The van der Waals surface area contributed by atoms with Crippen molar-refractivity contribution in [1.29, 1.82) is 0 Å². The Morgan fingerprint density at radius 1 is 1.78 bits per heavy atom. The van der Waals surface area contributed by atoms with Crippen LogP contribution in [0.2, 0.25) is 0 Å². The molecule has 0 aliphatic carbocycles. The van der Waals surface area contributed by atoms with Gasteiger partial charge in [0.2, 0.25) is 5.91 Å². The van der Waals surface area contributed by atoms with Crippen molar-refractivity contribution in [3.8, 4) is 0 Å². The smallest absolute Gasteiger partial charge is 0.220 e. The van der Waals surface area contributed by atoms with Crippen LogP contribution in [-0.4, -0.2) is 17.6 Å². The monoisotopic (exact) mass is 131 g/mol. The van der Waals surface area contributed by atoms with Gasteiger partial charge in [-0.1, -0.05) is 6.92 Å². The molecule has 0 heterocycles. The molecule has 54 valence electrons. The second kappa shape index (κ2) is 4.32. The van der Waals surface area contributed by atoms with E-state index in [2.05, 4.69) is 0 Å². The van der Waals surface area contributed by atoms with Gasteiger partial charge in [-0.3, -0.25) is 4.79 Å². The van der Waals surface area contributed by atoms with E-state index in [0.717, 1.165) is 0 Å². The number of hydrogen-bond donors (Lipinski definition) is 2. The van der Waals surface area contributed by atoms with Crippen molar-refractivity contribution >= 4 is 5.91 Å². The van der Waals surface area contributed by atoms with Gasteiger partial charge in [0, 0.05) is 12.5 Å². The van der Waals surface area contributed by atoms with E-state index in [1.165, 1.54) is 0 Å². The summed E-state index contributed by atoms with van der Waals surface area (Å²) >= 11 is 0. The Morgan fingerprint density at radius 2 is 2.33 bits per heavy atom. The van der Waals surface area contributed by atoms with Gasteiger partial charge in [-0.2, -0.15) is 0 Å². The average molecular weight is 131 g/mol. The van der Waals surface area contributed by atoms with Crippen molar-refractivity contribution in [3.05, 3.63) is 0 Å². The molecular formula is C6H13NO2. The Balaban J connectivity index is 3.27. The summed E-state index contributed by atoms with van der Waals surface area (Å²) in [5, 5.41) is 8.34. The molecule has 0 unspecified atom stereocenters. The summed E-state index contributed by atoms with van der Waals surface area (Å²) in [6, 6.07) is 0. The maximum atomic E-state index is 10.3. The zero-order valence-corrected chi connectivity index (χ0v) is 5.63. The summed E-state index contributed by atoms with van der Waals surface area (Å²) in [6.45, 7) is 1.90. The van der Waals surface area contributed by atoms with E-state index >= 15 is 0 Å². The van der Waals surface area contributed by atoms with Crippen LogP contribution >= 0.6 is 0 Å². The van der Waals surface area contributed by atoms with Crippen molar-refractivity contribution in [2.24, 2.45) is 11.7 Å². The molecule has 3 nitrogen and oxygen atoms in total. The van der Waals surface area contributed by atoms with E-state index in [1.54, 1.807) is 6.92 Å². The average Bonchev–Trinajstić information content (AvgIpc) is 1.82. The van der Waals surface area contributed by atoms with E-state index in [0.29, 0.717) is 12.8 Å². The molecular weight excluding hydrogens is 118 g/mol. The lowest BCUT2D eigenvalue weighted by atomic mass is 10.1. The summed E-state index contributed by atoms with van der Waals surface area (Å²) in [5.74, 6) is -0.388. The van der Waals surface area contributed by atoms with E-state index in [9.17, 15) is 4.79 Å². The predicted molar refractivity (Wildman–Crippen MR) is 34.7 cm³/mol. The summed E-state index contributed by atoms with van der Waals surface area (Å²) in [4.78, 5) is 10.3. The van der Waals surface area contributed by atoms with E-state index < -0.39 is 0 Å². The number of nitrogens with two attached hydrogens (primary N) is 1. The highest BCUT2D eigenvalue weighted by Crippen LogP contribution is 2.02. The second-order valence-corrected chi connectivity index (χ2v) is 2.17. The zero-order valence-electron chi connectivity index (χ0n) is 5.63. The Morgan fingerprint density at radius 3 is 2.67 bits per heavy atom. The lowest BCUT2D eigenvalue weighted by molar-refractivity contribution is -0.121. The van der Waals surface area contributed by atoms with Gasteiger partial charge in [-0.15, -0.1) is 0 Å². The summed E-state index contributed by atoms with van der Waals surface area (Å²) < 4.78 is 0. The Bertz CT molecular complexity index is 93.1. The number of amides is 1. The van der Waals surface area contributed by atoms with Gasteiger partial charge in [-0.05, 0) is 12.8 Å². The number of rotatable bonds is 4. The molecule has 0 fully saturated rings. The van der Waals surface area contributed by atoms with Crippen molar-refractivity contribution in [1.82, 2.24) is 0 Å². The topological polar surface area (TPSA) is 63.3 Å². The molecule has 0 aliphatic heterocycles. The number of aliphatic hydroxyl groups excluding tert-OH is 1. The molecule has 9 heavy (non-hydrogen) atoms. The molecule has 1 amide bonds. The van der Waals surface area contributed by atoms with Crippen LogP contribution in [0.5, 0.6) is 0 Å². The van der Waals surface area contributed by atoms with Gasteiger partial charge < -0.3 is 10.8 Å². The SMILES string of the molecule is C[C@@H](CCCO)C(N)=O. The van der Waals surface area contributed by atoms with Gasteiger partial charge in [0.05, 0.1) is 0 Å². The molecule has 3 heteroatoms. The van der Waals surface area contributed by atoms with Gasteiger partial charge in [0.15, 0.2) is 0 Å². The predicted octanol–water partition coefficient (Wildman–Crippen LogP) is -0.120. The fourth-order valence-electron chi connectivity index (χ4n) is 0.540. The maximum absolute atomic E-state index is 10.3. The van der Waals surface area contributed by atoms with E-state index in [-0.39, 0.29) is 18.4 Å². The Kier molecular flexibility index (Phi) is 4.05. The van der Waals surface area contributed by atoms with E-state index in [4.69, 9.17) is 10.8 Å². The van der Waals surface area contributed by atoms with Crippen LogP contribution < -0.4 is 5.73 Å². The molecule has 0 rings (SSSR count). The molecule has 0 aliphatic rings. The van der Waals surface area contributed by atoms with Gasteiger partial charge in [0.1, 0.15) is 0 Å². The molecule has 3 N–H and O–H groups in total. The first-order chi connectivity index (χ1) is 4.18. The fourth-order valence-corrected chi connectivity index (χ4v) is 0.540. The van der Waals surface area contributed by atoms with Crippen molar-refractivity contribution in [2.45, 2.75) is 19.8 Å². The first kappa shape index (κ1) is 8.43. The molecule has 1 atom stereocenters. The van der Waals surface area contributed by atoms with Crippen LogP contribution in [0.25, 0.3) is 0 Å². The number of aliphatic hydroxyl groups is 1. The van der Waals surface area contributed by atoms with Crippen molar-refractivity contribution in [2.75, 3.05) is 6.61 Å². The zero-order chi connectivity index (χ0) is 7.28. The fraction of sp³-hybridized carbons (Fsp3) is 0.833. The van der Waals surface area contributed by atoms with Crippen LogP contribution in [-0.2, 0) is 4.79 Å². The molecule has 0 bridgehead atoms. The molecule has 0 spiro atoms. The molecule has 0 aromatic heterocycles. The van der Waals surface area contributed by atoms with Gasteiger partial charge in [0.25, 0.3) is 0 Å². The summed E-state index contributed by atoms with van der Waals surface area (Å²) in [5.41, 5.74) is 4.96. The highest BCUT2D eigenvalue weighted by atomic mass is 16.2. The second-order valence-electron chi connectivity index (χ2n) is 2.17. The first-order valence-corrected chi connectivity index (χ1v) is 3.08. The third-order valence-corrected chi connectivity index (χ3v) is 1.28. The van der Waals surface area contributed by atoms with Crippen LogP contribution in [0, 0.1) is 5.92 Å². The third kappa shape index (κ3) is 3.97. The van der Waals surface area contributed by atoms with Crippen LogP contribution in [0.15, 0.2) is 0 Å². The maximum Gasteiger partial charge on any atom is 0.220 e. The number of carbonyl (C=O) groups is 1. The third-order valence-electron chi connectivity index (χ3n) is 1.28. The highest BCUT2D eigenvalue weighted by Gasteiger charge is 2.06. The minimum Gasteiger partial charge on any atom is -0.396 e. The van der Waals surface area contributed by atoms with Crippen molar-refractivity contribution in [3.63, 3.8) is 0 Å². The number of hydrogen-bond acceptors (Lipinski definition) is 2. The quantitative estimate of drug-likeness (QED) is 0.558. The van der Waals surface area contributed by atoms with E-state index in [1.807, 2.05) is 0 Å². The Hall–Kier alpha value is -0.570. The molecule has 0 saturated carbocycles. The van der Waals surface area contributed by atoms with Gasteiger partial charge >= 0.3 is 0 Å². The lowest BCUT2D eigenvalue weighted by Gasteiger charge is -2.03. The standard InChI is InChI=1S/C6H13NO2/c1-5(6(7)9)3-2-4-8/h5,8H,2-4H2,1H3,(H2,7,9)/t5-/m0/s1. The summed E-state index contributed by atoms with van der Waals surface area (Å²) in [7, 11) is 0. The van der Waals surface area contributed by atoms with Crippen LogP contribution in [0.3, 0.4) is 0 Å². The van der Waals surface area contributed by atoms with Crippen molar-refractivity contribution < 1.29 is 9.90 Å².